The molecule has 0 bridgehead atoms. The molecule has 7 nitrogen and oxygen atoms in total. The van der Waals surface area contributed by atoms with Gasteiger partial charge in [-0.15, -0.1) is 0 Å². The molecule has 2 aliphatic rings. The van der Waals surface area contributed by atoms with Gasteiger partial charge in [-0.05, 0) is 18.1 Å². The summed E-state index contributed by atoms with van der Waals surface area (Å²) in [5, 5.41) is 2.92. The number of nitrogens with one attached hydrogen (secondary N) is 1. The Bertz CT molecular complexity index is 918. The average molecular weight is 424 g/mol. The number of hydrogen-bond donors (Lipinski definition) is 1. The van der Waals surface area contributed by atoms with E-state index in [1.807, 2.05) is 53.4 Å². The summed E-state index contributed by atoms with van der Waals surface area (Å²) < 4.78 is 11.3. The van der Waals surface area contributed by atoms with Crippen molar-refractivity contribution in [3.8, 4) is 11.5 Å². The van der Waals surface area contributed by atoms with Gasteiger partial charge in [-0.3, -0.25) is 14.5 Å². The number of piperazine rings is 1. The van der Waals surface area contributed by atoms with E-state index in [1.165, 1.54) is 0 Å². The smallest absolute Gasteiger partial charge is 0.237 e. The summed E-state index contributed by atoms with van der Waals surface area (Å²) in [5.41, 5.74) is 2.06. The zero-order chi connectivity index (χ0) is 21.6. The van der Waals surface area contributed by atoms with Crippen molar-refractivity contribution in [2.45, 2.75) is 32.0 Å². The van der Waals surface area contributed by atoms with E-state index in [0.29, 0.717) is 44.3 Å². The minimum atomic E-state index is -0.465. The van der Waals surface area contributed by atoms with Gasteiger partial charge in [0.25, 0.3) is 0 Å². The Morgan fingerprint density at radius 3 is 2.81 bits per heavy atom. The number of para-hydroxylation sites is 1. The Morgan fingerprint density at radius 2 is 2.00 bits per heavy atom. The van der Waals surface area contributed by atoms with Crippen LogP contribution in [0.15, 0.2) is 48.5 Å². The van der Waals surface area contributed by atoms with Crippen molar-refractivity contribution in [3.63, 3.8) is 0 Å². The summed E-state index contributed by atoms with van der Waals surface area (Å²) in [6.45, 7) is 3.54. The van der Waals surface area contributed by atoms with Crippen molar-refractivity contribution < 1.29 is 19.1 Å². The van der Waals surface area contributed by atoms with Gasteiger partial charge in [0.05, 0.1) is 26.2 Å². The second kappa shape index (κ2) is 9.83. The van der Waals surface area contributed by atoms with Crippen molar-refractivity contribution >= 4 is 11.8 Å². The number of methoxy groups -OCH3 is 1. The van der Waals surface area contributed by atoms with E-state index < -0.39 is 6.04 Å². The number of amides is 2. The lowest BCUT2D eigenvalue weighted by atomic mass is 10.0. The number of carbonyl (C=O) groups excluding carboxylic acids is 2. The summed E-state index contributed by atoms with van der Waals surface area (Å²) in [6.07, 6.45) is 0.895. The molecule has 2 aromatic carbocycles. The van der Waals surface area contributed by atoms with Crippen molar-refractivity contribution in [1.29, 1.82) is 0 Å². The topological polar surface area (TPSA) is 71.1 Å². The second-order valence-corrected chi connectivity index (χ2v) is 7.93. The highest BCUT2D eigenvalue weighted by Gasteiger charge is 2.33. The zero-order valence-electron chi connectivity index (χ0n) is 17.9. The van der Waals surface area contributed by atoms with E-state index in [9.17, 15) is 9.59 Å². The molecule has 2 aromatic rings. The first-order valence-electron chi connectivity index (χ1n) is 10.8. The highest BCUT2D eigenvalue weighted by atomic mass is 16.5. The molecule has 1 fully saturated rings. The summed E-state index contributed by atoms with van der Waals surface area (Å²) >= 11 is 0. The maximum Gasteiger partial charge on any atom is 0.237 e. The van der Waals surface area contributed by atoms with E-state index in [2.05, 4.69) is 10.2 Å². The van der Waals surface area contributed by atoms with E-state index in [-0.39, 0.29) is 18.2 Å². The molecule has 0 spiro atoms. The largest absolute Gasteiger partial charge is 0.493 e. The number of fused-ring (bicyclic) bond motifs is 1. The molecule has 1 unspecified atom stereocenters. The number of nitrogens with zero attached hydrogens (tertiary/aromatic N) is 2. The third-order valence-electron chi connectivity index (χ3n) is 5.85. The third-order valence-corrected chi connectivity index (χ3v) is 5.85. The van der Waals surface area contributed by atoms with Crippen LogP contribution in [0.3, 0.4) is 0 Å². The van der Waals surface area contributed by atoms with Crippen LogP contribution in [0.5, 0.6) is 11.5 Å². The molecular formula is C24H29N3O4. The lowest BCUT2D eigenvalue weighted by Crippen LogP contribution is -2.56. The molecule has 2 amide bonds. The number of hydrogen-bond acceptors (Lipinski definition) is 5. The van der Waals surface area contributed by atoms with Gasteiger partial charge >= 0.3 is 0 Å². The number of carbonyl (C=O) groups is 2. The first-order valence-corrected chi connectivity index (χ1v) is 10.8. The molecule has 2 aliphatic heterocycles. The van der Waals surface area contributed by atoms with Gasteiger partial charge < -0.3 is 19.7 Å². The zero-order valence-corrected chi connectivity index (χ0v) is 17.9. The minimum Gasteiger partial charge on any atom is -0.493 e. The number of benzene rings is 2. The lowest BCUT2D eigenvalue weighted by molar-refractivity contribution is -0.139. The maximum atomic E-state index is 13.3. The van der Waals surface area contributed by atoms with Crippen LogP contribution >= 0.6 is 0 Å². The van der Waals surface area contributed by atoms with Crippen LogP contribution in [-0.4, -0.2) is 61.0 Å². The van der Waals surface area contributed by atoms with Gasteiger partial charge in [0.1, 0.15) is 0 Å². The van der Waals surface area contributed by atoms with Gasteiger partial charge in [0.15, 0.2) is 11.5 Å². The summed E-state index contributed by atoms with van der Waals surface area (Å²) in [6, 6.07) is 15.3. The van der Waals surface area contributed by atoms with Gasteiger partial charge in [-0.25, -0.2) is 0 Å². The van der Waals surface area contributed by atoms with E-state index in [4.69, 9.17) is 9.47 Å². The van der Waals surface area contributed by atoms with Crippen LogP contribution in [0.2, 0.25) is 0 Å². The lowest BCUT2D eigenvalue weighted by Gasteiger charge is -2.36. The fourth-order valence-electron chi connectivity index (χ4n) is 4.22. The molecule has 0 radical (unpaired) electrons. The van der Waals surface area contributed by atoms with Gasteiger partial charge in [0.2, 0.25) is 11.8 Å². The molecule has 7 heteroatoms. The Labute approximate surface area is 182 Å². The Balaban J connectivity index is 1.49. The van der Waals surface area contributed by atoms with E-state index in [1.54, 1.807) is 7.11 Å². The molecule has 164 valence electrons. The summed E-state index contributed by atoms with van der Waals surface area (Å²) in [4.78, 5) is 29.9. The molecule has 0 aliphatic carbocycles. The molecule has 4 rings (SSSR count). The predicted molar refractivity (Wildman–Crippen MR) is 117 cm³/mol. The molecule has 1 N–H and O–H groups in total. The minimum absolute atomic E-state index is 0.0178. The summed E-state index contributed by atoms with van der Waals surface area (Å²) in [7, 11) is 1.61. The first-order chi connectivity index (χ1) is 15.2. The molecule has 0 saturated carbocycles. The standard InChI is InChI=1S/C24H29N3O4/c1-30-21-10-5-9-19-17-27(12-6-14-31-23(19)21)22(28)15-20-24(29)25-11-13-26(20)16-18-7-3-2-4-8-18/h2-5,7-10,20H,6,11-17H2,1H3,(H,25,29). The second-order valence-electron chi connectivity index (χ2n) is 7.93. The fraction of sp³-hybridized carbons (Fsp3) is 0.417. The van der Waals surface area contributed by atoms with Crippen LogP contribution < -0.4 is 14.8 Å². The van der Waals surface area contributed by atoms with Crippen LogP contribution in [0, 0.1) is 0 Å². The van der Waals surface area contributed by atoms with E-state index in [0.717, 1.165) is 24.1 Å². The van der Waals surface area contributed by atoms with Crippen LogP contribution in [0.4, 0.5) is 0 Å². The maximum absolute atomic E-state index is 13.3. The highest BCUT2D eigenvalue weighted by Crippen LogP contribution is 2.33. The van der Waals surface area contributed by atoms with Crippen LogP contribution in [0.1, 0.15) is 24.0 Å². The predicted octanol–water partition coefficient (Wildman–Crippen LogP) is 2.20. The van der Waals surface area contributed by atoms with Crippen molar-refractivity contribution in [2.24, 2.45) is 0 Å². The quantitative estimate of drug-likeness (QED) is 0.798. The fourth-order valence-corrected chi connectivity index (χ4v) is 4.22. The van der Waals surface area contributed by atoms with Crippen molar-refractivity contribution in [1.82, 2.24) is 15.1 Å². The molecule has 2 heterocycles. The number of ether oxygens (including phenoxy) is 2. The van der Waals surface area contributed by atoms with Gasteiger partial charge in [0, 0.05) is 38.3 Å². The first kappa shape index (κ1) is 21.2. The van der Waals surface area contributed by atoms with Crippen LogP contribution in [0.25, 0.3) is 0 Å². The molecular weight excluding hydrogens is 394 g/mol. The van der Waals surface area contributed by atoms with E-state index >= 15 is 0 Å². The van der Waals surface area contributed by atoms with Gasteiger partial charge in [-0.2, -0.15) is 0 Å². The molecule has 0 aromatic heterocycles. The Kier molecular flexibility index (Phi) is 6.72. The molecule has 31 heavy (non-hydrogen) atoms. The average Bonchev–Trinajstić information content (AvgIpc) is 2.77. The molecule has 1 atom stereocenters. The monoisotopic (exact) mass is 423 g/mol. The normalized spacial score (nSPS) is 19.5. The Hall–Kier alpha value is -3.06. The SMILES string of the molecule is COc1cccc2c1OCCCN(C(=O)CC1C(=O)NCCN1Cc1ccccc1)C2. The summed E-state index contributed by atoms with van der Waals surface area (Å²) in [5.74, 6) is 1.28. The highest BCUT2D eigenvalue weighted by molar-refractivity contribution is 5.89. The van der Waals surface area contributed by atoms with Crippen LogP contribution in [-0.2, 0) is 22.7 Å². The van der Waals surface area contributed by atoms with Crippen molar-refractivity contribution in [2.75, 3.05) is 33.4 Å². The van der Waals surface area contributed by atoms with Crippen molar-refractivity contribution in [3.05, 3.63) is 59.7 Å². The van der Waals surface area contributed by atoms with Gasteiger partial charge in [-0.1, -0.05) is 42.5 Å². The third kappa shape index (κ3) is 4.99. The number of rotatable bonds is 5. The Morgan fingerprint density at radius 1 is 1.16 bits per heavy atom. The molecule has 1 saturated heterocycles.